The van der Waals surface area contributed by atoms with E-state index in [0.717, 1.165) is 37.6 Å². The molecule has 2 fully saturated rings. The van der Waals surface area contributed by atoms with E-state index in [0.29, 0.717) is 25.5 Å². The topological polar surface area (TPSA) is 75.6 Å². The number of morpholine rings is 1. The van der Waals surface area contributed by atoms with Crippen LogP contribution in [0.25, 0.3) is 0 Å². The summed E-state index contributed by atoms with van der Waals surface area (Å²) in [4.78, 5) is 13.2. The van der Waals surface area contributed by atoms with Crippen molar-refractivity contribution >= 4 is 15.8 Å². The summed E-state index contributed by atoms with van der Waals surface area (Å²) in [7, 11) is -2.86. The molecule has 1 atom stereocenters. The van der Waals surface area contributed by atoms with E-state index in [4.69, 9.17) is 4.74 Å². The van der Waals surface area contributed by atoms with Crippen molar-refractivity contribution in [3.05, 3.63) is 18.0 Å². The maximum Gasteiger partial charge on any atom is 0.225 e. The lowest BCUT2D eigenvalue weighted by Crippen LogP contribution is -2.37. The molecule has 0 unspecified atom stereocenters. The van der Waals surface area contributed by atoms with Crippen LogP contribution in [-0.2, 0) is 21.1 Å². The fraction of sp³-hybridized carbons (Fsp3) is 0.733. The summed E-state index contributed by atoms with van der Waals surface area (Å²) in [5, 5.41) is 0. The lowest BCUT2D eigenvalue weighted by molar-refractivity contribution is 0.122. The molecule has 0 radical (unpaired) electrons. The Kier molecular flexibility index (Phi) is 5.13. The van der Waals surface area contributed by atoms with Crippen LogP contribution in [0, 0.1) is 0 Å². The zero-order valence-electron chi connectivity index (χ0n) is 13.5. The molecule has 2 aliphatic heterocycles. The van der Waals surface area contributed by atoms with Crippen molar-refractivity contribution in [2.75, 3.05) is 49.3 Å². The van der Waals surface area contributed by atoms with Gasteiger partial charge in [0.25, 0.3) is 0 Å². The van der Waals surface area contributed by atoms with Crippen LogP contribution in [0.15, 0.2) is 12.4 Å². The number of aromatic nitrogens is 2. The fourth-order valence-corrected chi connectivity index (χ4v) is 4.91. The lowest BCUT2D eigenvalue weighted by Gasteiger charge is -2.28. The zero-order valence-corrected chi connectivity index (χ0v) is 14.3. The highest BCUT2D eigenvalue weighted by Crippen LogP contribution is 2.20. The summed E-state index contributed by atoms with van der Waals surface area (Å²) in [6.07, 6.45) is 4.43. The first kappa shape index (κ1) is 16.6. The average Bonchev–Trinajstić information content (AvgIpc) is 2.94. The zero-order chi connectivity index (χ0) is 16.3. The van der Waals surface area contributed by atoms with E-state index >= 15 is 0 Å². The SMILES string of the molecule is CCN(Cc1cnc(N2CCOCC2)nc1)[C@H]1CCS(=O)(=O)C1. The molecular weight excluding hydrogens is 316 g/mol. The predicted molar refractivity (Wildman–Crippen MR) is 88.2 cm³/mol. The van der Waals surface area contributed by atoms with Gasteiger partial charge >= 0.3 is 0 Å². The normalized spacial score (nSPS) is 24.3. The van der Waals surface area contributed by atoms with E-state index in [9.17, 15) is 8.42 Å². The average molecular weight is 340 g/mol. The molecule has 1 aromatic rings. The first-order valence-corrected chi connectivity index (χ1v) is 9.97. The first-order valence-electron chi connectivity index (χ1n) is 8.15. The van der Waals surface area contributed by atoms with E-state index in [2.05, 4.69) is 26.7 Å². The van der Waals surface area contributed by atoms with E-state index < -0.39 is 9.84 Å². The van der Waals surface area contributed by atoms with Crippen molar-refractivity contribution in [1.82, 2.24) is 14.9 Å². The molecule has 0 amide bonds. The Morgan fingerprint density at radius 2 is 2.00 bits per heavy atom. The van der Waals surface area contributed by atoms with Crippen LogP contribution in [0.2, 0.25) is 0 Å². The minimum Gasteiger partial charge on any atom is -0.378 e. The monoisotopic (exact) mass is 340 g/mol. The van der Waals surface area contributed by atoms with Crippen molar-refractivity contribution in [3.63, 3.8) is 0 Å². The van der Waals surface area contributed by atoms with Crippen LogP contribution >= 0.6 is 0 Å². The largest absolute Gasteiger partial charge is 0.378 e. The summed E-state index contributed by atoms with van der Waals surface area (Å²) >= 11 is 0. The van der Waals surface area contributed by atoms with Gasteiger partial charge < -0.3 is 9.64 Å². The highest BCUT2D eigenvalue weighted by Gasteiger charge is 2.31. The van der Waals surface area contributed by atoms with Gasteiger partial charge in [0.1, 0.15) is 0 Å². The third-order valence-electron chi connectivity index (χ3n) is 4.50. The Labute approximate surface area is 137 Å². The molecular formula is C15H24N4O3S. The molecule has 3 heterocycles. The van der Waals surface area contributed by atoms with Crippen LogP contribution in [-0.4, -0.2) is 73.7 Å². The summed E-state index contributed by atoms with van der Waals surface area (Å²) < 4.78 is 28.7. The van der Waals surface area contributed by atoms with Crippen molar-refractivity contribution in [2.45, 2.75) is 25.9 Å². The van der Waals surface area contributed by atoms with Gasteiger partial charge in [-0.05, 0) is 13.0 Å². The van der Waals surface area contributed by atoms with Crippen molar-refractivity contribution in [3.8, 4) is 0 Å². The van der Waals surface area contributed by atoms with Crippen molar-refractivity contribution < 1.29 is 13.2 Å². The van der Waals surface area contributed by atoms with Crippen molar-refractivity contribution in [2.24, 2.45) is 0 Å². The summed E-state index contributed by atoms with van der Waals surface area (Å²) in [6, 6.07) is 0.115. The molecule has 8 heteroatoms. The minimum atomic E-state index is -2.86. The number of anilines is 1. The fourth-order valence-electron chi connectivity index (χ4n) is 3.15. The molecule has 0 N–H and O–H groups in total. The first-order chi connectivity index (χ1) is 11.1. The van der Waals surface area contributed by atoms with Gasteiger partial charge in [-0.2, -0.15) is 0 Å². The van der Waals surface area contributed by atoms with Gasteiger partial charge in [0.15, 0.2) is 9.84 Å². The van der Waals surface area contributed by atoms with Crippen LogP contribution in [0.5, 0.6) is 0 Å². The minimum absolute atomic E-state index is 0.115. The number of hydrogen-bond acceptors (Lipinski definition) is 7. The molecule has 128 valence electrons. The van der Waals surface area contributed by atoms with Gasteiger partial charge in [-0.25, -0.2) is 18.4 Å². The number of nitrogens with zero attached hydrogens (tertiary/aromatic N) is 4. The van der Waals surface area contributed by atoms with Crippen LogP contribution in [0.4, 0.5) is 5.95 Å². The molecule has 23 heavy (non-hydrogen) atoms. The number of ether oxygens (including phenoxy) is 1. The summed E-state index contributed by atoms with van der Waals surface area (Å²) in [6.45, 7) is 6.65. The Hall–Kier alpha value is -1.25. The molecule has 0 bridgehead atoms. The maximum atomic E-state index is 11.7. The number of rotatable bonds is 5. The van der Waals surface area contributed by atoms with Gasteiger partial charge in [-0.3, -0.25) is 4.90 Å². The van der Waals surface area contributed by atoms with Crippen LogP contribution in [0.1, 0.15) is 18.9 Å². The molecule has 1 aromatic heterocycles. The Bertz CT molecular complexity index is 614. The lowest BCUT2D eigenvalue weighted by atomic mass is 10.2. The number of sulfone groups is 1. The Balaban J connectivity index is 1.62. The molecule has 0 spiro atoms. The molecule has 3 rings (SSSR count). The predicted octanol–water partition coefficient (Wildman–Crippen LogP) is 0.322. The van der Waals surface area contributed by atoms with Crippen LogP contribution in [0.3, 0.4) is 0 Å². The molecule has 7 nitrogen and oxygen atoms in total. The second-order valence-electron chi connectivity index (χ2n) is 6.11. The Morgan fingerprint density at radius 3 is 2.57 bits per heavy atom. The summed E-state index contributed by atoms with van der Waals surface area (Å²) in [5.41, 5.74) is 1.02. The maximum absolute atomic E-state index is 11.7. The van der Waals surface area contributed by atoms with Gasteiger partial charge in [0.05, 0.1) is 24.7 Å². The highest BCUT2D eigenvalue weighted by molar-refractivity contribution is 7.91. The molecule has 0 aliphatic carbocycles. The summed E-state index contributed by atoms with van der Waals surface area (Å²) in [5.74, 6) is 1.32. The van der Waals surface area contributed by atoms with Gasteiger partial charge in [0.2, 0.25) is 5.95 Å². The molecule has 0 aromatic carbocycles. The quantitative estimate of drug-likeness (QED) is 0.764. The van der Waals surface area contributed by atoms with E-state index in [1.807, 2.05) is 12.4 Å². The molecule has 2 aliphatic rings. The van der Waals surface area contributed by atoms with Crippen LogP contribution < -0.4 is 4.90 Å². The van der Waals surface area contributed by atoms with E-state index in [1.165, 1.54) is 0 Å². The van der Waals surface area contributed by atoms with Gasteiger partial charge in [-0.15, -0.1) is 0 Å². The van der Waals surface area contributed by atoms with Gasteiger partial charge in [-0.1, -0.05) is 6.92 Å². The third-order valence-corrected chi connectivity index (χ3v) is 6.25. The van der Waals surface area contributed by atoms with E-state index in [1.54, 1.807) is 0 Å². The highest BCUT2D eigenvalue weighted by atomic mass is 32.2. The van der Waals surface area contributed by atoms with Crippen molar-refractivity contribution in [1.29, 1.82) is 0 Å². The number of hydrogen-bond donors (Lipinski definition) is 0. The second-order valence-corrected chi connectivity index (χ2v) is 8.34. The van der Waals surface area contributed by atoms with E-state index in [-0.39, 0.29) is 11.8 Å². The Morgan fingerprint density at radius 1 is 1.30 bits per heavy atom. The molecule has 0 saturated carbocycles. The second kappa shape index (κ2) is 7.11. The molecule has 2 saturated heterocycles. The third kappa shape index (κ3) is 4.19. The smallest absolute Gasteiger partial charge is 0.225 e. The standard InChI is InChI=1S/C15H24N4O3S/c1-2-18(14-3-8-23(20,21)12-14)11-13-9-16-15(17-10-13)19-4-6-22-7-5-19/h9-10,14H,2-8,11-12H2,1H3/t14-/m0/s1. The van der Waals surface area contributed by atoms with Gasteiger partial charge in [0, 0.05) is 43.6 Å².